The van der Waals surface area contributed by atoms with Crippen LogP contribution in [0.2, 0.25) is 5.02 Å². The minimum Gasteiger partial charge on any atom is -0.370 e. The molecular formula is C18H18ClFN2O4S. The molecule has 0 radical (unpaired) electrons. The van der Waals surface area contributed by atoms with E-state index < -0.39 is 16.1 Å². The summed E-state index contributed by atoms with van der Waals surface area (Å²) in [5.74, 6) is -0.698. The Bertz CT molecular complexity index is 968. The summed E-state index contributed by atoms with van der Waals surface area (Å²) in [6.07, 6.45) is 0.434. The second-order valence-corrected chi connectivity index (χ2v) is 8.36. The minimum atomic E-state index is -3.54. The summed E-state index contributed by atoms with van der Waals surface area (Å²) in [7, 11) is -3.54. The molecule has 0 spiro atoms. The van der Waals surface area contributed by atoms with E-state index in [-0.39, 0.29) is 41.1 Å². The molecule has 0 aromatic heterocycles. The zero-order valence-electron chi connectivity index (χ0n) is 14.5. The fourth-order valence-electron chi connectivity index (χ4n) is 2.88. The highest BCUT2D eigenvalue weighted by molar-refractivity contribution is 7.92. The van der Waals surface area contributed by atoms with Crippen LogP contribution in [0.15, 0.2) is 42.5 Å². The quantitative estimate of drug-likeness (QED) is 0.837. The number of ether oxygens (including phenoxy) is 1. The second-order valence-electron chi connectivity index (χ2n) is 6.20. The lowest BCUT2D eigenvalue weighted by Gasteiger charge is -2.33. The molecule has 1 aliphatic heterocycles. The number of sulfonamides is 1. The number of morpholine rings is 1. The predicted octanol–water partition coefficient (Wildman–Crippen LogP) is 3.06. The van der Waals surface area contributed by atoms with E-state index in [1.807, 2.05) is 0 Å². The Kier molecular flexibility index (Phi) is 5.69. The SMILES string of the molecule is CS(=O)(=O)Nc1cc(C(=O)N2CCOC(c3ccccc3F)C2)ccc1Cl. The lowest BCUT2D eigenvalue weighted by Crippen LogP contribution is -2.42. The molecule has 1 heterocycles. The average molecular weight is 413 g/mol. The summed E-state index contributed by atoms with van der Waals surface area (Å²) >= 11 is 6.00. The van der Waals surface area contributed by atoms with E-state index in [0.717, 1.165) is 6.26 Å². The van der Waals surface area contributed by atoms with Crippen molar-refractivity contribution in [1.29, 1.82) is 0 Å². The summed E-state index contributed by atoms with van der Waals surface area (Å²) in [5, 5.41) is 0.184. The van der Waals surface area contributed by atoms with E-state index in [1.54, 1.807) is 23.1 Å². The normalized spacial score (nSPS) is 17.6. The highest BCUT2D eigenvalue weighted by atomic mass is 35.5. The summed E-state index contributed by atoms with van der Waals surface area (Å²) < 4.78 is 44.8. The summed E-state index contributed by atoms with van der Waals surface area (Å²) in [5.41, 5.74) is 0.800. The summed E-state index contributed by atoms with van der Waals surface area (Å²) in [6, 6.07) is 10.6. The van der Waals surface area contributed by atoms with Crippen molar-refractivity contribution in [3.8, 4) is 0 Å². The van der Waals surface area contributed by atoms with Crippen LogP contribution in [0.1, 0.15) is 22.0 Å². The number of nitrogens with zero attached hydrogens (tertiary/aromatic N) is 1. The molecule has 1 saturated heterocycles. The largest absolute Gasteiger partial charge is 0.370 e. The molecule has 1 amide bonds. The van der Waals surface area contributed by atoms with Gasteiger partial charge in [0.15, 0.2) is 0 Å². The highest BCUT2D eigenvalue weighted by Crippen LogP contribution is 2.28. The predicted molar refractivity (Wildman–Crippen MR) is 101 cm³/mol. The van der Waals surface area contributed by atoms with Gasteiger partial charge in [-0.3, -0.25) is 9.52 Å². The Hall–Kier alpha value is -2.16. The van der Waals surface area contributed by atoms with Gasteiger partial charge >= 0.3 is 0 Å². The minimum absolute atomic E-state index is 0.129. The molecule has 144 valence electrons. The Labute approximate surface area is 161 Å². The van der Waals surface area contributed by atoms with Crippen LogP contribution in [0.3, 0.4) is 0 Å². The van der Waals surface area contributed by atoms with Gasteiger partial charge in [-0.05, 0) is 24.3 Å². The van der Waals surface area contributed by atoms with Crippen molar-refractivity contribution in [1.82, 2.24) is 4.90 Å². The number of rotatable bonds is 4. The third-order valence-electron chi connectivity index (χ3n) is 4.11. The first-order chi connectivity index (χ1) is 12.7. The summed E-state index contributed by atoms with van der Waals surface area (Å²) in [4.78, 5) is 14.4. The highest BCUT2D eigenvalue weighted by Gasteiger charge is 2.28. The molecule has 6 nitrogen and oxygen atoms in total. The fourth-order valence-corrected chi connectivity index (χ4v) is 3.67. The molecule has 2 aromatic carbocycles. The first kappa shape index (κ1) is 19.6. The number of nitrogens with one attached hydrogen (secondary N) is 1. The van der Waals surface area contributed by atoms with E-state index in [1.165, 1.54) is 24.3 Å². The fraction of sp³-hybridized carbons (Fsp3) is 0.278. The molecule has 2 aromatic rings. The Morgan fingerprint density at radius 2 is 2.04 bits per heavy atom. The molecule has 27 heavy (non-hydrogen) atoms. The van der Waals surface area contributed by atoms with Crippen molar-refractivity contribution in [2.45, 2.75) is 6.10 Å². The first-order valence-electron chi connectivity index (χ1n) is 8.17. The van der Waals surface area contributed by atoms with Crippen LogP contribution in [0.25, 0.3) is 0 Å². The first-order valence-corrected chi connectivity index (χ1v) is 10.4. The monoisotopic (exact) mass is 412 g/mol. The van der Waals surface area contributed by atoms with E-state index in [2.05, 4.69) is 4.72 Å². The maximum absolute atomic E-state index is 14.0. The molecule has 1 N–H and O–H groups in total. The Balaban J connectivity index is 1.81. The van der Waals surface area contributed by atoms with Gasteiger partial charge < -0.3 is 9.64 Å². The van der Waals surface area contributed by atoms with Crippen LogP contribution in [0.4, 0.5) is 10.1 Å². The van der Waals surface area contributed by atoms with Gasteiger partial charge in [0.05, 0.1) is 30.1 Å². The lowest BCUT2D eigenvalue weighted by atomic mass is 10.1. The molecule has 9 heteroatoms. The van der Waals surface area contributed by atoms with Crippen molar-refractivity contribution in [2.75, 3.05) is 30.7 Å². The number of halogens is 2. The number of amides is 1. The van der Waals surface area contributed by atoms with Gasteiger partial charge in [0.25, 0.3) is 5.91 Å². The maximum atomic E-state index is 14.0. The van der Waals surface area contributed by atoms with Crippen LogP contribution in [-0.2, 0) is 14.8 Å². The van der Waals surface area contributed by atoms with Gasteiger partial charge in [0.1, 0.15) is 11.9 Å². The third-order valence-corrected chi connectivity index (χ3v) is 5.03. The van der Waals surface area contributed by atoms with Crippen molar-refractivity contribution in [3.63, 3.8) is 0 Å². The van der Waals surface area contributed by atoms with Crippen molar-refractivity contribution in [2.24, 2.45) is 0 Å². The van der Waals surface area contributed by atoms with E-state index in [0.29, 0.717) is 12.1 Å². The third kappa shape index (κ3) is 4.77. The van der Waals surface area contributed by atoms with Crippen LogP contribution in [0.5, 0.6) is 0 Å². The van der Waals surface area contributed by atoms with E-state index >= 15 is 0 Å². The standard InChI is InChI=1S/C18H18ClFN2O4S/c1-27(24,25)21-16-10-12(6-7-14(16)19)18(23)22-8-9-26-17(11-22)13-4-2-3-5-15(13)20/h2-7,10,17,21H,8-9,11H2,1H3. The molecule has 1 atom stereocenters. The maximum Gasteiger partial charge on any atom is 0.254 e. The van der Waals surface area contributed by atoms with Crippen LogP contribution in [-0.4, -0.2) is 45.2 Å². The van der Waals surface area contributed by atoms with Gasteiger partial charge in [-0.25, -0.2) is 12.8 Å². The second kappa shape index (κ2) is 7.84. The molecule has 3 rings (SSSR count). The molecule has 1 unspecified atom stereocenters. The van der Waals surface area contributed by atoms with Crippen molar-refractivity contribution < 1.29 is 22.3 Å². The molecular weight excluding hydrogens is 395 g/mol. The molecule has 0 aliphatic carbocycles. The number of carbonyl (C=O) groups is 1. The number of hydrogen-bond acceptors (Lipinski definition) is 4. The number of carbonyl (C=O) groups excluding carboxylic acids is 1. The molecule has 1 fully saturated rings. The Morgan fingerprint density at radius 3 is 2.74 bits per heavy atom. The topological polar surface area (TPSA) is 75.7 Å². The van der Waals surface area contributed by atoms with Gasteiger partial charge in [-0.15, -0.1) is 0 Å². The zero-order valence-corrected chi connectivity index (χ0v) is 16.1. The van der Waals surface area contributed by atoms with Crippen LogP contribution < -0.4 is 4.72 Å². The number of hydrogen-bond donors (Lipinski definition) is 1. The smallest absolute Gasteiger partial charge is 0.254 e. The van der Waals surface area contributed by atoms with Gasteiger partial charge in [-0.2, -0.15) is 0 Å². The van der Waals surface area contributed by atoms with E-state index in [4.69, 9.17) is 16.3 Å². The van der Waals surface area contributed by atoms with Gasteiger partial charge in [0.2, 0.25) is 10.0 Å². The van der Waals surface area contributed by atoms with Crippen LogP contribution in [0, 0.1) is 5.82 Å². The lowest BCUT2D eigenvalue weighted by molar-refractivity contribution is -0.0243. The number of benzene rings is 2. The van der Waals surface area contributed by atoms with Crippen LogP contribution >= 0.6 is 11.6 Å². The van der Waals surface area contributed by atoms with Gasteiger partial charge in [-0.1, -0.05) is 29.8 Å². The Morgan fingerprint density at radius 1 is 1.30 bits per heavy atom. The van der Waals surface area contributed by atoms with Crippen molar-refractivity contribution in [3.05, 3.63) is 64.4 Å². The molecule has 1 aliphatic rings. The van der Waals surface area contributed by atoms with Gasteiger partial charge in [0, 0.05) is 17.7 Å². The average Bonchev–Trinajstić information content (AvgIpc) is 2.62. The molecule has 0 bridgehead atoms. The zero-order chi connectivity index (χ0) is 19.6. The summed E-state index contributed by atoms with van der Waals surface area (Å²) in [6.45, 7) is 0.811. The molecule has 0 saturated carbocycles. The van der Waals surface area contributed by atoms with Crippen molar-refractivity contribution >= 4 is 33.2 Å². The van der Waals surface area contributed by atoms with E-state index in [9.17, 15) is 17.6 Å². The number of anilines is 1.